The molecule has 1 unspecified atom stereocenters. The van der Waals surface area contributed by atoms with Gasteiger partial charge in [0.05, 0.1) is 16.3 Å². The average Bonchev–Trinajstić information content (AvgIpc) is 3.47. The van der Waals surface area contributed by atoms with Crippen LogP contribution in [0.1, 0.15) is 23.9 Å². The number of fused-ring (bicyclic) bond motifs is 1. The van der Waals surface area contributed by atoms with Crippen LogP contribution < -0.4 is 0 Å². The van der Waals surface area contributed by atoms with Crippen LogP contribution in [0.15, 0.2) is 48.5 Å². The lowest BCUT2D eigenvalue weighted by Crippen LogP contribution is -2.34. The molecular weight excluding hydrogens is 408 g/mol. The quantitative estimate of drug-likeness (QED) is 0.495. The highest BCUT2D eigenvalue weighted by molar-refractivity contribution is 7.18. The molecule has 1 amide bonds. The summed E-state index contributed by atoms with van der Waals surface area (Å²) in [5, 5.41) is 14.1. The zero-order valence-corrected chi connectivity index (χ0v) is 17.0. The molecule has 1 fully saturated rings. The van der Waals surface area contributed by atoms with Crippen LogP contribution in [0.4, 0.5) is 0 Å². The molecular formula is C20H17ClN6OS. The number of rotatable bonds is 4. The molecule has 29 heavy (non-hydrogen) atoms. The molecule has 1 aliphatic rings. The summed E-state index contributed by atoms with van der Waals surface area (Å²) in [7, 11) is 0. The number of thiazole rings is 1. The summed E-state index contributed by atoms with van der Waals surface area (Å²) in [5.41, 5.74) is 1.79. The Hall–Kier alpha value is -2.84. The summed E-state index contributed by atoms with van der Waals surface area (Å²) in [6.07, 6.45) is 1.89. The van der Waals surface area contributed by atoms with Crippen LogP contribution in [-0.2, 0) is 11.3 Å². The molecule has 2 aromatic heterocycles. The monoisotopic (exact) mass is 424 g/mol. The molecule has 0 radical (unpaired) electrons. The minimum absolute atomic E-state index is 0.0131. The van der Waals surface area contributed by atoms with E-state index in [0.717, 1.165) is 40.2 Å². The van der Waals surface area contributed by atoms with Crippen molar-refractivity contribution in [3.8, 4) is 11.4 Å². The molecule has 9 heteroatoms. The van der Waals surface area contributed by atoms with Gasteiger partial charge < -0.3 is 4.90 Å². The van der Waals surface area contributed by atoms with E-state index < -0.39 is 0 Å². The molecule has 1 aliphatic heterocycles. The Morgan fingerprint density at radius 2 is 2.00 bits per heavy atom. The number of nitrogens with zero attached hydrogens (tertiary/aromatic N) is 6. The highest BCUT2D eigenvalue weighted by Crippen LogP contribution is 2.36. The molecule has 0 spiro atoms. The van der Waals surface area contributed by atoms with Crippen LogP contribution in [0.3, 0.4) is 0 Å². The predicted molar refractivity (Wildman–Crippen MR) is 112 cm³/mol. The second kappa shape index (κ2) is 7.53. The third-order valence-electron chi connectivity index (χ3n) is 5.00. The van der Waals surface area contributed by atoms with Crippen LogP contribution in [0, 0.1) is 0 Å². The number of para-hydroxylation sites is 1. The number of carbonyl (C=O) groups is 1. The SMILES string of the molecule is O=C(Cn1nnc(-c2ccc(Cl)cc2)n1)N1CCCC1c1nc2ccccc2s1. The summed E-state index contributed by atoms with van der Waals surface area (Å²) >= 11 is 7.58. The van der Waals surface area contributed by atoms with Crippen molar-refractivity contribution >= 4 is 39.1 Å². The molecule has 1 atom stereocenters. The first-order valence-electron chi connectivity index (χ1n) is 9.36. The number of benzene rings is 2. The molecule has 3 heterocycles. The maximum Gasteiger partial charge on any atom is 0.246 e. The summed E-state index contributed by atoms with van der Waals surface area (Å²) < 4.78 is 1.15. The highest BCUT2D eigenvalue weighted by atomic mass is 35.5. The van der Waals surface area contributed by atoms with Crippen molar-refractivity contribution in [2.75, 3.05) is 6.54 Å². The molecule has 2 aromatic carbocycles. The van der Waals surface area contributed by atoms with Crippen molar-refractivity contribution in [1.82, 2.24) is 30.1 Å². The van der Waals surface area contributed by atoms with Gasteiger partial charge in [-0.2, -0.15) is 4.80 Å². The summed E-state index contributed by atoms with van der Waals surface area (Å²) in [5.74, 6) is 0.449. The van der Waals surface area contributed by atoms with Gasteiger partial charge in [-0.05, 0) is 54.5 Å². The number of carbonyl (C=O) groups excluding carboxylic acids is 1. The fourth-order valence-corrected chi connectivity index (χ4v) is 4.83. The number of hydrogen-bond acceptors (Lipinski definition) is 6. The van der Waals surface area contributed by atoms with Gasteiger partial charge in [0.2, 0.25) is 11.7 Å². The maximum atomic E-state index is 13.0. The smallest absolute Gasteiger partial charge is 0.246 e. The fraction of sp³-hybridized carbons (Fsp3) is 0.250. The van der Waals surface area contributed by atoms with Gasteiger partial charge in [0.25, 0.3) is 0 Å². The second-order valence-corrected chi connectivity index (χ2v) is 8.41. The number of amides is 1. The van der Waals surface area contributed by atoms with Crippen LogP contribution in [0.2, 0.25) is 5.02 Å². The van der Waals surface area contributed by atoms with Crippen molar-refractivity contribution in [1.29, 1.82) is 0 Å². The number of aromatic nitrogens is 5. The van der Waals surface area contributed by atoms with Gasteiger partial charge in [-0.25, -0.2) is 4.98 Å². The number of tetrazole rings is 1. The topological polar surface area (TPSA) is 76.8 Å². The highest BCUT2D eigenvalue weighted by Gasteiger charge is 2.32. The normalized spacial score (nSPS) is 16.6. The molecule has 0 bridgehead atoms. The fourth-order valence-electron chi connectivity index (χ4n) is 3.59. The Bertz CT molecular complexity index is 1140. The summed E-state index contributed by atoms with van der Waals surface area (Å²) in [6.45, 7) is 0.778. The molecule has 1 saturated heterocycles. The molecule has 7 nitrogen and oxygen atoms in total. The van der Waals surface area contributed by atoms with E-state index in [0.29, 0.717) is 10.8 Å². The first kappa shape index (κ1) is 18.2. The molecule has 0 N–H and O–H groups in total. The Balaban J connectivity index is 1.33. The lowest BCUT2D eigenvalue weighted by molar-refractivity contribution is -0.133. The maximum absolute atomic E-state index is 13.0. The lowest BCUT2D eigenvalue weighted by atomic mass is 10.2. The van der Waals surface area contributed by atoms with E-state index in [2.05, 4.69) is 21.5 Å². The molecule has 0 aliphatic carbocycles. The summed E-state index contributed by atoms with van der Waals surface area (Å²) in [6, 6.07) is 15.3. The average molecular weight is 425 g/mol. The third kappa shape index (κ3) is 3.61. The standard InChI is InChI=1S/C20H17ClN6OS/c21-14-9-7-13(8-10-14)19-23-25-27(24-19)12-18(28)26-11-3-5-16(26)20-22-15-4-1-2-6-17(15)29-20/h1-2,4,6-10,16H,3,5,11-12H2. The van der Waals surface area contributed by atoms with Gasteiger partial charge in [-0.15, -0.1) is 21.5 Å². The van der Waals surface area contributed by atoms with Crippen LogP contribution in [0.25, 0.3) is 21.6 Å². The Morgan fingerprint density at radius 3 is 2.83 bits per heavy atom. The molecule has 146 valence electrons. The van der Waals surface area contributed by atoms with Crippen molar-refractivity contribution in [3.63, 3.8) is 0 Å². The van der Waals surface area contributed by atoms with E-state index in [1.54, 1.807) is 23.5 Å². The van der Waals surface area contributed by atoms with E-state index in [-0.39, 0.29) is 18.5 Å². The van der Waals surface area contributed by atoms with E-state index in [4.69, 9.17) is 16.6 Å². The number of hydrogen-bond donors (Lipinski definition) is 0. The van der Waals surface area contributed by atoms with Gasteiger partial charge in [0.1, 0.15) is 11.6 Å². The zero-order valence-electron chi connectivity index (χ0n) is 15.4. The van der Waals surface area contributed by atoms with Gasteiger partial charge >= 0.3 is 0 Å². The molecule has 4 aromatic rings. The van der Waals surface area contributed by atoms with Crippen molar-refractivity contribution in [2.45, 2.75) is 25.4 Å². The zero-order chi connectivity index (χ0) is 19.8. The number of likely N-dealkylation sites (tertiary alicyclic amines) is 1. The molecule has 5 rings (SSSR count). The van der Waals surface area contributed by atoms with Gasteiger partial charge in [0.15, 0.2) is 0 Å². The van der Waals surface area contributed by atoms with Crippen LogP contribution in [-0.4, -0.2) is 42.5 Å². The second-order valence-electron chi connectivity index (χ2n) is 6.92. The largest absolute Gasteiger partial charge is 0.332 e. The van der Waals surface area contributed by atoms with E-state index in [1.807, 2.05) is 35.2 Å². The number of halogens is 1. The van der Waals surface area contributed by atoms with Crippen molar-refractivity contribution in [3.05, 3.63) is 58.6 Å². The Labute approximate surface area is 175 Å². The first-order chi connectivity index (χ1) is 14.2. The van der Waals surface area contributed by atoms with E-state index in [1.165, 1.54) is 4.80 Å². The predicted octanol–water partition coefficient (Wildman–Crippen LogP) is 3.97. The molecule has 0 saturated carbocycles. The van der Waals surface area contributed by atoms with Gasteiger partial charge in [-0.3, -0.25) is 4.79 Å². The van der Waals surface area contributed by atoms with E-state index in [9.17, 15) is 4.79 Å². The Morgan fingerprint density at radius 1 is 1.17 bits per heavy atom. The van der Waals surface area contributed by atoms with Crippen molar-refractivity contribution < 1.29 is 4.79 Å². The van der Waals surface area contributed by atoms with Gasteiger partial charge in [0, 0.05) is 17.1 Å². The van der Waals surface area contributed by atoms with Crippen LogP contribution >= 0.6 is 22.9 Å². The van der Waals surface area contributed by atoms with E-state index >= 15 is 0 Å². The minimum atomic E-state index is -0.0215. The lowest BCUT2D eigenvalue weighted by Gasteiger charge is -2.22. The summed E-state index contributed by atoms with van der Waals surface area (Å²) in [4.78, 5) is 20.9. The minimum Gasteiger partial charge on any atom is -0.332 e. The van der Waals surface area contributed by atoms with Gasteiger partial charge in [-0.1, -0.05) is 23.7 Å². The Kier molecular flexibility index (Phi) is 4.73. The third-order valence-corrected chi connectivity index (χ3v) is 6.39. The van der Waals surface area contributed by atoms with Crippen molar-refractivity contribution in [2.24, 2.45) is 0 Å². The first-order valence-corrected chi connectivity index (χ1v) is 10.6. The van der Waals surface area contributed by atoms with Crippen LogP contribution in [0.5, 0.6) is 0 Å².